The number of nitro benzene ring substituents is 1. The first kappa shape index (κ1) is 18.9. The second-order valence-electron chi connectivity index (χ2n) is 6.25. The molecule has 1 aromatic heterocycles. The number of hydrogen-bond acceptors (Lipinski definition) is 5. The molecule has 2 aromatic rings. The van der Waals surface area contributed by atoms with Crippen LogP contribution in [0.2, 0.25) is 0 Å². The highest BCUT2D eigenvalue weighted by atomic mass is 79.9. The van der Waals surface area contributed by atoms with Crippen LogP contribution in [0.3, 0.4) is 0 Å². The summed E-state index contributed by atoms with van der Waals surface area (Å²) in [5.41, 5.74) is 0.576. The van der Waals surface area contributed by atoms with Crippen LogP contribution in [-0.4, -0.2) is 16.9 Å². The second kappa shape index (κ2) is 8.18. The van der Waals surface area contributed by atoms with Crippen molar-refractivity contribution >= 4 is 33.6 Å². The Kier molecular flexibility index (Phi) is 5.72. The van der Waals surface area contributed by atoms with Gasteiger partial charge in [-0.25, -0.2) is 0 Å². The van der Waals surface area contributed by atoms with Crippen molar-refractivity contribution in [3.8, 4) is 17.4 Å². The van der Waals surface area contributed by atoms with Gasteiger partial charge in [-0.2, -0.15) is 5.26 Å². The molecule has 0 spiro atoms. The van der Waals surface area contributed by atoms with Crippen LogP contribution < -0.4 is 5.32 Å². The van der Waals surface area contributed by atoms with Crippen LogP contribution in [-0.2, 0) is 4.79 Å². The van der Waals surface area contributed by atoms with Crippen LogP contribution in [0.25, 0.3) is 17.4 Å². The van der Waals surface area contributed by atoms with Crippen molar-refractivity contribution in [3.05, 3.63) is 56.3 Å². The molecule has 1 N–H and O–H groups in total. The molecule has 0 aliphatic heterocycles. The summed E-state index contributed by atoms with van der Waals surface area (Å²) in [7, 11) is 0. The van der Waals surface area contributed by atoms with E-state index in [4.69, 9.17) is 4.42 Å². The van der Waals surface area contributed by atoms with Crippen LogP contribution in [0.5, 0.6) is 0 Å². The summed E-state index contributed by atoms with van der Waals surface area (Å²) in [6.07, 6.45) is 5.44. The maximum atomic E-state index is 12.3. The summed E-state index contributed by atoms with van der Waals surface area (Å²) < 4.78 is 6.21. The molecule has 0 bridgehead atoms. The molecule has 0 unspecified atom stereocenters. The zero-order valence-corrected chi connectivity index (χ0v) is 15.9. The minimum absolute atomic E-state index is 0.0226. The maximum absolute atomic E-state index is 12.3. The number of amides is 1. The van der Waals surface area contributed by atoms with E-state index in [1.807, 2.05) is 6.07 Å². The van der Waals surface area contributed by atoms with Gasteiger partial charge in [0.05, 0.1) is 4.92 Å². The number of nitro groups is 1. The fraction of sp³-hybridized carbons (Fsp3) is 0.263. The van der Waals surface area contributed by atoms with E-state index < -0.39 is 10.8 Å². The Balaban J connectivity index is 1.80. The molecule has 1 aliphatic rings. The van der Waals surface area contributed by atoms with Crippen molar-refractivity contribution in [2.45, 2.75) is 31.7 Å². The van der Waals surface area contributed by atoms with Gasteiger partial charge in [-0.3, -0.25) is 14.9 Å². The molecular weight excluding hydrogens is 414 g/mol. The van der Waals surface area contributed by atoms with Gasteiger partial charge < -0.3 is 9.73 Å². The van der Waals surface area contributed by atoms with E-state index in [0.717, 1.165) is 25.7 Å². The van der Waals surface area contributed by atoms with E-state index in [1.54, 1.807) is 18.2 Å². The first-order valence-corrected chi connectivity index (χ1v) is 9.24. The number of hydrogen-bond donors (Lipinski definition) is 1. The van der Waals surface area contributed by atoms with E-state index >= 15 is 0 Å². The molecule has 1 aromatic carbocycles. The molecule has 3 rings (SSSR count). The summed E-state index contributed by atoms with van der Waals surface area (Å²) >= 11 is 3.30. The lowest BCUT2D eigenvalue weighted by Crippen LogP contribution is -2.33. The van der Waals surface area contributed by atoms with Gasteiger partial charge >= 0.3 is 0 Å². The third kappa shape index (κ3) is 4.44. The molecule has 7 nitrogen and oxygen atoms in total. The molecule has 0 atom stereocenters. The lowest BCUT2D eigenvalue weighted by atomic mass is 10.1. The minimum atomic E-state index is -0.479. The van der Waals surface area contributed by atoms with E-state index in [1.165, 1.54) is 18.2 Å². The van der Waals surface area contributed by atoms with Crippen molar-refractivity contribution in [1.82, 2.24) is 5.32 Å². The average molecular weight is 430 g/mol. The Morgan fingerprint density at radius 3 is 2.70 bits per heavy atom. The quantitative estimate of drug-likeness (QED) is 0.323. The highest BCUT2D eigenvalue weighted by Crippen LogP contribution is 2.33. The molecule has 138 valence electrons. The van der Waals surface area contributed by atoms with E-state index in [0.29, 0.717) is 21.6 Å². The monoisotopic (exact) mass is 429 g/mol. The Morgan fingerprint density at radius 2 is 2.07 bits per heavy atom. The first-order chi connectivity index (χ1) is 13.0. The van der Waals surface area contributed by atoms with Crippen LogP contribution in [0.4, 0.5) is 5.69 Å². The normalized spacial score (nSPS) is 14.7. The first-order valence-electron chi connectivity index (χ1n) is 8.44. The molecule has 1 fully saturated rings. The molecule has 1 heterocycles. The van der Waals surface area contributed by atoms with E-state index in [2.05, 4.69) is 21.2 Å². The number of benzene rings is 1. The van der Waals surface area contributed by atoms with Gasteiger partial charge in [0, 0.05) is 34.3 Å². The zero-order chi connectivity index (χ0) is 19.4. The number of carbonyl (C=O) groups excluding carboxylic acids is 1. The molecular formula is C19H16BrN3O4. The SMILES string of the molecule is N#C/C(=C/c1ccc(-c2ccc([N+](=O)[O-])cc2Br)o1)C(=O)NC1CCCC1. The second-order valence-corrected chi connectivity index (χ2v) is 7.10. The maximum Gasteiger partial charge on any atom is 0.270 e. The number of rotatable bonds is 5. The molecule has 8 heteroatoms. The van der Waals surface area contributed by atoms with Crippen LogP contribution in [0.15, 0.2) is 44.8 Å². The smallest absolute Gasteiger partial charge is 0.270 e. The van der Waals surface area contributed by atoms with Gasteiger partial charge in [0.15, 0.2) is 0 Å². The van der Waals surface area contributed by atoms with Crippen molar-refractivity contribution in [2.24, 2.45) is 0 Å². The number of nitrogens with one attached hydrogen (secondary N) is 1. The van der Waals surface area contributed by atoms with Crippen molar-refractivity contribution in [2.75, 3.05) is 0 Å². The number of carbonyl (C=O) groups is 1. The third-order valence-corrected chi connectivity index (χ3v) is 5.05. The summed E-state index contributed by atoms with van der Waals surface area (Å²) in [5.74, 6) is 0.420. The predicted molar refractivity (Wildman–Crippen MR) is 102 cm³/mol. The van der Waals surface area contributed by atoms with Crippen LogP contribution in [0, 0.1) is 21.4 Å². The number of halogens is 1. The summed E-state index contributed by atoms with van der Waals surface area (Å²) in [6.45, 7) is 0. The number of nitrogens with zero attached hydrogens (tertiary/aromatic N) is 2. The Labute approximate surface area is 163 Å². The van der Waals surface area contributed by atoms with Gasteiger partial charge in [0.1, 0.15) is 23.2 Å². The Bertz CT molecular complexity index is 952. The lowest BCUT2D eigenvalue weighted by Gasteiger charge is -2.10. The molecule has 1 aliphatic carbocycles. The van der Waals surface area contributed by atoms with E-state index in [9.17, 15) is 20.2 Å². The lowest BCUT2D eigenvalue weighted by molar-refractivity contribution is -0.384. The Hall–Kier alpha value is -2.92. The molecule has 1 amide bonds. The fourth-order valence-corrected chi connectivity index (χ4v) is 3.58. The van der Waals surface area contributed by atoms with Gasteiger partial charge in [0.25, 0.3) is 11.6 Å². The standard InChI is InChI=1S/C19H16BrN3O4/c20-17-10-14(23(25)26)5-7-16(17)18-8-6-15(27-18)9-12(11-21)19(24)22-13-3-1-2-4-13/h5-10,13H,1-4H2,(H,22,24)/b12-9-. The summed E-state index contributed by atoms with van der Waals surface area (Å²) in [6, 6.07) is 9.71. The van der Waals surface area contributed by atoms with Crippen molar-refractivity contribution in [3.63, 3.8) is 0 Å². The molecule has 0 saturated heterocycles. The van der Waals surface area contributed by atoms with Crippen molar-refractivity contribution < 1.29 is 14.1 Å². The van der Waals surface area contributed by atoms with Crippen molar-refractivity contribution in [1.29, 1.82) is 5.26 Å². The number of non-ortho nitro benzene ring substituents is 1. The van der Waals surface area contributed by atoms with Gasteiger partial charge in [-0.15, -0.1) is 0 Å². The zero-order valence-electron chi connectivity index (χ0n) is 14.3. The third-order valence-electron chi connectivity index (χ3n) is 4.40. The molecule has 1 saturated carbocycles. The predicted octanol–water partition coefficient (Wildman–Crippen LogP) is 4.58. The largest absolute Gasteiger partial charge is 0.457 e. The topological polar surface area (TPSA) is 109 Å². The number of nitriles is 1. The van der Waals surface area contributed by atoms with Crippen LogP contribution >= 0.6 is 15.9 Å². The average Bonchev–Trinajstić information content (AvgIpc) is 3.31. The van der Waals surface area contributed by atoms with Crippen LogP contribution in [0.1, 0.15) is 31.4 Å². The molecule has 0 radical (unpaired) electrons. The summed E-state index contributed by atoms with van der Waals surface area (Å²) in [4.78, 5) is 22.6. The van der Waals surface area contributed by atoms with E-state index in [-0.39, 0.29) is 17.3 Å². The highest BCUT2D eigenvalue weighted by molar-refractivity contribution is 9.10. The summed E-state index contributed by atoms with van der Waals surface area (Å²) in [5, 5.41) is 23.0. The Morgan fingerprint density at radius 1 is 1.33 bits per heavy atom. The number of furan rings is 1. The minimum Gasteiger partial charge on any atom is -0.457 e. The highest BCUT2D eigenvalue weighted by Gasteiger charge is 2.20. The van der Waals surface area contributed by atoms with Gasteiger partial charge in [-0.1, -0.05) is 12.8 Å². The fourth-order valence-electron chi connectivity index (χ4n) is 3.02. The molecule has 27 heavy (non-hydrogen) atoms. The van der Waals surface area contributed by atoms with Gasteiger partial charge in [0.2, 0.25) is 0 Å². The van der Waals surface area contributed by atoms with Gasteiger partial charge in [-0.05, 0) is 47.0 Å².